The normalized spacial score (nSPS) is 16.6. The first-order valence-electron chi connectivity index (χ1n) is 24.1. The molecule has 0 saturated heterocycles. The van der Waals surface area contributed by atoms with Gasteiger partial charge >= 0.3 is 0 Å². The average Bonchev–Trinajstić information content (AvgIpc) is 3.90. The van der Waals surface area contributed by atoms with Crippen LogP contribution in [0, 0.1) is 11.8 Å². The number of nitrogens with zero attached hydrogens (tertiary/aromatic N) is 1. The predicted octanol–water partition coefficient (Wildman–Crippen LogP) is 16.4. The summed E-state index contributed by atoms with van der Waals surface area (Å²) >= 11 is 0. The number of aromatic nitrogens is 1. The fourth-order valence-electron chi connectivity index (χ4n) is 7.55. The molecule has 0 radical (unpaired) electrons. The summed E-state index contributed by atoms with van der Waals surface area (Å²) in [6, 6.07) is 17.4. The van der Waals surface area contributed by atoms with E-state index in [0.29, 0.717) is 22.0 Å². The van der Waals surface area contributed by atoms with E-state index in [9.17, 15) is 4.79 Å². The third-order valence-electron chi connectivity index (χ3n) is 11.5. The number of likely N-dealkylation sites (N-methyl/N-ethyl adjacent to an activating group) is 1. The highest BCUT2D eigenvalue weighted by molar-refractivity contribution is 5.87. The summed E-state index contributed by atoms with van der Waals surface area (Å²) in [5, 5.41) is 1.69. The minimum Gasteiger partial charge on any atom is -0.456 e. The first-order valence-corrected chi connectivity index (χ1v) is 24.1. The molecule has 5 aliphatic carbocycles. The summed E-state index contributed by atoms with van der Waals surface area (Å²) in [6.07, 6.45) is 52.3. The molecule has 0 fully saturated rings. The third kappa shape index (κ3) is 16.9. The van der Waals surface area contributed by atoms with E-state index in [2.05, 4.69) is 208 Å². The number of hydrogen-bond acceptors (Lipinski definition) is 3. The number of para-hydroxylation sites is 1. The molecule has 9 rings (SSSR count). The molecule has 0 saturated carbocycles. The molecule has 0 spiro atoms. The second kappa shape index (κ2) is 31.8. The molecule has 0 bridgehead atoms. The van der Waals surface area contributed by atoms with E-state index < -0.39 is 0 Å². The molecule has 1 N–H and O–H groups in total. The molecule has 2 unspecified atom stereocenters. The van der Waals surface area contributed by atoms with Crippen molar-refractivity contribution < 1.29 is 4.42 Å². The van der Waals surface area contributed by atoms with Crippen molar-refractivity contribution in [1.82, 2.24) is 9.88 Å². The van der Waals surface area contributed by atoms with Gasteiger partial charge in [0.1, 0.15) is 11.2 Å². The Morgan fingerprint density at radius 1 is 0.826 bits per heavy atom. The van der Waals surface area contributed by atoms with Gasteiger partial charge in [-0.25, -0.2) is 0 Å². The Hall–Kier alpha value is -7.13. The fraction of sp³-hybridized carbons (Fsp3) is 0.262. The molecule has 0 aliphatic heterocycles. The maximum atomic E-state index is 12.0. The zero-order valence-corrected chi connectivity index (χ0v) is 41.3. The molecule has 0 amide bonds. The van der Waals surface area contributed by atoms with Gasteiger partial charge in [0.05, 0.1) is 10.8 Å². The Morgan fingerprint density at radius 3 is 2.35 bits per heavy atom. The van der Waals surface area contributed by atoms with Gasteiger partial charge in [0.25, 0.3) is 0 Å². The summed E-state index contributed by atoms with van der Waals surface area (Å²) in [6.45, 7) is 22.1. The number of fused-ring (bicyclic) bond motifs is 4. The lowest BCUT2D eigenvalue weighted by Crippen LogP contribution is -2.39. The Labute approximate surface area is 416 Å². The van der Waals surface area contributed by atoms with Crippen LogP contribution < -0.4 is 16.1 Å². The van der Waals surface area contributed by atoms with Crippen molar-refractivity contribution in [2.45, 2.75) is 95.4 Å². The standard InChI is InChI=1S/C23H25N.C14H10O2.C13H11N.C9H14.2C2H6.2CH4/c1-3-19-12-11-13-20(18-19)22-16-9-6-10-17-23(22)24(2)21-14-7-4-5-8-15-21;1-3-7-12-10(2)14(15)11-8-5-4-6-9-13(11)16-12;1-2-6-10-11-7-4-5-9-13(11)14-12(10)8-3-1;1-8-6-4-3-5-7-9(8)2;2*1-2;;/h4-5,7-14,16-18H,3,6,15H2,1-2H3;3-4,6-9H,1-2H2;1-5,7-9,14H,6H2;3-6,8-9H,7H2,1-2H3;2*1-2H3;2*1H4/b;12-7+;;;;;;. The predicted molar refractivity (Wildman–Crippen MR) is 308 cm³/mol. The van der Waals surface area contributed by atoms with Crippen LogP contribution in [0.25, 0.3) is 47.4 Å². The van der Waals surface area contributed by atoms with E-state index in [1.54, 1.807) is 36.5 Å². The lowest BCUT2D eigenvalue weighted by molar-refractivity contribution is 0.468. The second-order valence-electron chi connectivity index (χ2n) is 15.9. The largest absolute Gasteiger partial charge is 0.456 e. The van der Waals surface area contributed by atoms with Crippen molar-refractivity contribution >= 4 is 47.4 Å². The lowest BCUT2D eigenvalue weighted by Gasteiger charge is -2.25. The van der Waals surface area contributed by atoms with Gasteiger partial charge in [0, 0.05) is 47.0 Å². The molecule has 4 heteroatoms. The number of nitrogens with one attached hydrogen (secondary N) is 1. The minimum atomic E-state index is -0.137. The zero-order valence-electron chi connectivity index (χ0n) is 41.3. The minimum absolute atomic E-state index is 0. The molecule has 5 aliphatic rings. The number of benzene rings is 2. The Kier molecular flexibility index (Phi) is 26.7. The molecule has 2 aromatic carbocycles. The number of H-pyrrole nitrogens is 1. The van der Waals surface area contributed by atoms with Crippen molar-refractivity contribution in [3.63, 3.8) is 0 Å². The molecule has 362 valence electrons. The topological polar surface area (TPSA) is 49.2 Å². The maximum absolute atomic E-state index is 12.0. The van der Waals surface area contributed by atoms with Crippen molar-refractivity contribution in [2.24, 2.45) is 11.8 Å². The lowest BCUT2D eigenvalue weighted by atomic mass is 9.94. The van der Waals surface area contributed by atoms with Crippen LogP contribution in [-0.2, 0) is 12.8 Å². The molecule has 2 atom stereocenters. The average molecular weight is 921 g/mol. The molecule has 2 heterocycles. The van der Waals surface area contributed by atoms with E-state index in [1.165, 1.54) is 56.7 Å². The van der Waals surface area contributed by atoms with E-state index >= 15 is 0 Å². The van der Waals surface area contributed by atoms with Gasteiger partial charge < -0.3 is 14.3 Å². The summed E-state index contributed by atoms with van der Waals surface area (Å²) in [4.78, 5) is 17.7. The van der Waals surface area contributed by atoms with Crippen LogP contribution in [0.5, 0.6) is 0 Å². The second-order valence-corrected chi connectivity index (χ2v) is 15.9. The van der Waals surface area contributed by atoms with E-state index in [0.717, 1.165) is 37.5 Å². The van der Waals surface area contributed by atoms with Crippen LogP contribution in [0.3, 0.4) is 0 Å². The number of aryl methyl sites for hydroxylation is 1. The monoisotopic (exact) mass is 921 g/mol. The zero-order chi connectivity index (χ0) is 48.4. The van der Waals surface area contributed by atoms with Crippen LogP contribution in [-0.4, -0.2) is 16.9 Å². The van der Waals surface area contributed by atoms with Crippen molar-refractivity contribution in [3.05, 3.63) is 242 Å². The maximum Gasteiger partial charge on any atom is 0.200 e. The third-order valence-corrected chi connectivity index (χ3v) is 11.5. The molecular weight excluding hydrogens is 841 g/mol. The highest BCUT2D eigenvalue weighted by Crippen LogP contribution is 2.30. The quantitative estimate of drug-likeness (QED) is 0.203. The van der Waals surface area contributed by atoms with Crippen molar-refractivity contribution in [2.75, 3.05) is 7.05 Å². The number of allylic oxidation sites excluding steroid dienone is 20. The SMILES string of the molecule is C.C.C1=CCc2c([nH]c3ccccc23)C=C1.C=C/C=c1/oc2c(c(=O)c1=C)C=C=CC=C2.CC.CC.CC1C=CC=CCC1C.CCc1cccc(C2=C(N(C)C3=CC=CC=CC3)C=CCC=C2)c1. The molecule has 4 aromatic rings. The summed E-state index contributed by atoms with van der Waals surface area (Å²) in [7, 11) is 2.17. The van der Waals surface area contributed by atoms with Crippen molar-refractivity contribution in [3.8, 4) is 0 Å². The van der Waals surface area contributed by atoms with Gasteiger partial charge in [-0.05, 0) is 103 Å². The van der Waals surface area contributed by atoms with E-state index in [1.807, 2.05) is 27.7 Å². The van der Waals surface area contributed by atoms with Gasteiger partial charge in [0.2, 0.25) is 5.43 Å². The van der Waals surface area contributed by atoms with Crippen molar-refractivity contribution in [1.29, 1.82) is 0 Å². The van der Waals surface area contributed by atoms with Crippen LogP contribution in [0.2, 0.25) is 0 Å². The van der Waals surface area contributed by atoms with Crippen LogP contribution in [0.15, 0.2) is 197 Å². The Morgan fingerprint density at radius 2 is 1.57 bits per heavy atom. The first-order chi connectivity index (χ1) is 32.8. The van der Waals surface area contributed by atoms with Crippen LogP contribution in [0.1, 0.15) is 116 Å². The summed E-state index contributed by atoms with van der Waals surface area (Å²) < 4.78 is 5.56. The smallest absolute Gasteiger partial charge is 0.200 e. The molecule has 69 heavy (non-hydrogen) atoms. The summed E-state index contributed by atoms with van der Waals surface area (Å²) in [5.41, 5.74) is 14.1. The van der Waals surface area contributed by atoms with Gasteiger partial charge in [-0.3, -0.25) is 4.79 Å². The Balaban J connectivity index is 0.000000320. The highest BCUT2D eigenvalue weighted by atomic mass is 16.3. The fourth-order valence-corrected chi connectivity index (χ4v) is 7.55. The van der Waals surface area contributed by atoms with E-state index in [4.69, 9.17) is 4.42 Å². The van der Waals surface area contributed by atoms with Gasteiger partial charge in [-0.15, -0.1) is 5.73 Å². The number of rotatable bonds is 5. The number of aromatic amines is 1. The summed E-state index contributed by atoms with van der Waals surface area (Å²) in [5.74, 6) is 2.09. The van der Waals surface area contributed by atoms with Crippen LogP contribution in [0.4, 0.5) is 0 Å². The van der Waals surface area contributed by atoms with Gasteiger partial charge in [-0.2, -0.15) is 0 Å². The molecule has 2 aromatic heterocycles. The highest BCUT2D eigenvalue weighted by Gasteiger charge is 2.15. The van der Waals surface area contributed by atoms with Gasteiger partial charge in [-0.1, -0.05) is 216 Å². The molecular formula is C65H80N2O2. The molecule has 4 nitrogen and oxygen atoms in total. The Bertz CT molecular complexity index is 2860. The van der Waals surface area contributed by atoms with E-state index in [-0.39, 0.29) is 20.3 Å². The number of hydrogen-bond donors (Lipinski definition) is 1. The van der Waals surface area contributed by atoms with Gasteiger partial charge in [0.15, 0.2) is 0 Å². The van der Waals surface area contributed by atoms with Crippen LogP contribution >= 0.6 is 0 Å². The first kappa shape index (κ1) is 58.0.